The number of fused-ring (bicyclic) bond motifs is 1. The third-order valence-electron chi connectivity index (χ3n) is 4.27. The van der Waals surface area contributed by atoms with Gasteiger partial charge in [0.2, 0.25) is 6.79 Å². The van der Waals surface area contributed by atoms with Crippen LogP contribution in [0.25, 0.3) is 0 Å². The van der Waals surface area contributed by atoms with Gasteiger partial charge in [-0.2, -0.15) is 0 Å². The SMILES string of the molecule is CCCOc1ccc(CNC(=NC)NCc2ccc3c(c2)OCO3)cc1OC. The maximum Gasteiger partial charge on any atom is 0.231 e. The Morgan fingerprint density at radius 3 is 2.43 bits per heavy atom. The summed E-state index contributed by atoms with van der Waals surface area (Å²) in [6, 6.07) is 11.8. The Balaban J connectivity index is 1.53. The van der Waals surface area contributed by atoms with Crippen molar-refractivity contribution >= 4 is 5.96 Å². The molecule has 0 unspecified atom stereocenters. The molecule has 0 fully saturated rings. The lowest BCUT2D eigenvalue weighted by molar-refractivity contribution is 0.174. The van der Waals surface area contributed by atoms with Crippen molar-refractivity contribution in [1.82, 2.24) is 10.6 Å². The molecule has 0 atom stereocenters. The minimum atomic E-state index is 0.279. The van der Waals surface area contributed by atoms with Gasteiger partial charge >= 0.3 is 0 Å². The van der Waals surface area contributed by atoms with Crippen LogP contribution in [0.15, 0.2) is 41.4 Å². The minimum Gasteiger partial charge on any atom is -0.493 e. The van der Waals surface area contributed by atoms with E-state index in [0.29, 0.717) is 25.7 Å². The van der Waals surface area contributed by atoms with E-state index in [4.69, 9.17) is 18.9 Å². The zero-order valence-electron chi connectivity index (χ0n) is 16.6. The monoisotopic (exact) mass is 385 g/mol. The van der Waals surface area contributed by atoms with Gasteiger partial charge < -0.3 is 29.6 Å². The first-order chi connectivity index (χ1) is 13.7. The van der Waals surface area contributed by atoms with Gasteiger partial charge in [-0.25, -0.2) is 0 Å². The van der Waals surface area contributed by atoms with E-state index in [2.05, 4.69) is 22.5 Å². The summed E-state index contributed by atoms with van der Waals surface area (Å²) >= 11 is 0. The van der Waals surface area contributed by atoms with Crippen molar-refractivity contribution < 1.29 is 18.9 Å². The van der Waals surface area contributed by atoms with Gasteiger partial charge in [-0.05, 0) is 41.8 Å². The molecule has 2 aromatic rings. The molecule has 0 bridgehead atoms. The first kappa shape index (κ1) is 19.7. The van der Waals surface area contributed by atoms with Gasteiger partial charge in [0.05, 0.1) is 13.7 Å². The lowest BCUT2D eigenvalue weighted by atomic mass is 10.2. The van der Waals surface area contributed by atoms with Crippen LogP contribution in [0.2, 0.25) is 0 Å². The lowest BCUT2D eigenvalue weighted by Crippen LogP contribution is -2.36. The maximum atomic E-state index is 5.70. The molecule has 28 heavy (non-hydrogen) atoms. The van der Waals surface area contributed by atoms with E-state index in [1.807, 2.05) is 36.4 Å². The predicted molar refractivity (Wildman–Crippen MR) is 108 cm³/mol. The zero-order chi connectivity index (χ0) is 19.8. The van der Waals surface area contributed by atoms with Gasteiger partial charge in [-0.1, -0.05) is 19.1 Å². The Hall–Kier alpha value is -3.09. The summed E-state index contributed by atoms with van der Waals surface area (Å²) in [5, 5.41) is 6.61. The van der Waals surface area contributed by atoms with Crippen LogP contribution >= 0.6 is 0 Å². The lowest BCUT2D eigenvalue weighted by Gasteiger charge is -2.14. The zero-order valence-corrected chi connectivity index (χ0v) is 16.6. The van der Waals surface area contributed by atoms with Crippen LogP contribution in [-0.4, -0.2) is 33.5 Å². The second-order valence-corrected chi connectivity index (χ2v) is 6.30. The molecule has 7 heteroatoms. The van der Waals surface area contributed by atoms with Crippen LogP contribution in [0.3, 0.4) is 0 Å². The quantitative estimate of drug-likeness (QED) is 0.537. The van der Waals surface area contributed by atoms with Gasteiger partial charge in [0, 0.05) is 20.1 Å². The Kier molecular flexibility index (Phi) is 6.84. The fourth-order valence-electron chi connectivity index (χ4n) is 2.80. The molecule has 2 aromatic carbocycles. The molecule has 1 heterocycles. The number of benzene rings is 2. The molecule has 0 aliphatic carbocycles. The predicted octanol–water partition coefficient (Wildman–Crippen LogP) is 3.08. The molecule has 7 nitrogen and oxygen atoms in total. The molecule has 2 N–H and O–H groups in total. The highest BCUT2D eigenvalue weighted by Gasteiger charge is 2.13. The van der Waals surface area contributed by atoms with Crippen LogP contribution in [0, 0.1) is 0 Å². The molecule has 0 saturated carbocycles. The van der Waals surface area contributed by atoms with Crippen LogP contribution in [0.5, 0.6) is 23.0 Å². The molecule has 0 saturated heterocycles. The van der Waals surface area contributed by atoms with E-state index in [1.165, 1.54) is 0 Å². The van der Waals surface area contributed by atoms with Gasteiger partial charge in [-0.3, -0.25) is 4.99 Å². The summed E-state index contributed by atoms with van der Waals surface area (Å²) < 4.78 is 21.9. The normalized spacial score (nSPS) is 12.6. The number of methoxy groups -OCH3 is 1. The van der Waals surface area contributed by atoms with Gasteiger partial charge in [0.25, 0.3) is 0 Å². The van der Waals surface area contributed by atoms with Crippen LogP contribution < -0.4 is 29.6 Å². The minimum absolute atomic E-state index is 0.279. The molecular formula is C21H27N3O4. The average molecular weight is 385 g/mol. The number of ether oxygens (including phenoxy) is 4. The summed E-state index contributed by atoms with van der Waals surface area (Å²) in [4.78, 5) is 4.27. The standard InChI is InChI=1S/C21H27N3O4/c1-4-9-26-17-7-5-15(10-19(17)25-3)12-23-21(22-2)24-13-16-6-8-18-20(11-16)28-14-27-18/h5-8,10-11H,4,9,12-14H2,1-3H3,(H2,22,23,24). The van der Waals surface area contributed by atoms with E-state index in [0.717, 1.165) is 40.5 Å². The van der Waals surface area contributed by atoms with Crippen molar-refractivity contribution in [3.8, 4) is 23.0 Å². The van der Waals surface area contributed by atoms with Gasteiger partial charge in [0.1, 0.15) is 0 Å². The third kappa shape index (κ3) is 5.00. The molecule has 1 aliphatic rings. The van der Waals surface area contributed by atoms with Crippen LogP contribution in [0.4, 0.5) is 0 Å². The topological polar surface area (TPSA) is 73.3 Å². The van der Waals surface area contributed by atoms with Gasteiger partial charge in [-0.15, -0.1) is 0 Å². The number of nitrogens with zero attached hydrogens (tertiary/aromatic N) is 1. The fraction of sp³-hybridized carbons (Fsp3) is 0.381. The highest BCUT2D eigenvalue weighted by atomic mass is 16.7. The number of aliphatic imine (C=N–C) groups is 1. The number of nitrogens with one attached hydrogen (secondary N) is 2. The summed E-state index contributed by atoms with van der Waals surface area (Å²) in [6.45, 7) is 4.27. The second kappa shape index (κ2) is 9.73. The van der Waals surface area contributed by atoms with Crippen molar-refractivity contribution in [2.75, 3.05) is 27.6 Å². The van der Waals surface area contributed by atoms with E-state index >= 15 is 0 Å². The Morgan fingerprint density at radius 2 is 1.71 bits per heavy atom. The van der Waals surface area contributed by atoms with Crippen LogP contribution in [0.1, 0.15) is 24.5 Å². The van der Waals surface area contributed by atoms with E-state index in [-0.39, 0.29) is 6.79 Å². The average Bonchev–Trinajstić information content (AvgIpc) is 3.20. The molecule has 150 valence electrons. The van der Waals surface area contributed by atoms with Crippen molar-refractivity contribution in [3.05, 3.63) is 47.5 Å². The van der Waals surface area contributed by atoms with Crippen LogP contribution in [-0.2, 0) is 13.1 Å². The third-order valence-corrected chi connectivity index (χ3v) is 4.27. The summed E-state index contributed by atoms with van der Waals surface area (Å²) in [5.41, 5.74) is 2.16. The largest absolute Gasteiger partial charge is 0.493 e. The number of hydrogen-bond acceptors (Lipinski definition) is 5. The summed E-state index contributed by atoms with van der Waals surface area (Å²) in [5.74, 6) is 3.77. The van der Waals surface area contributed by atoms with E-state index in [9.17, 15) is 0 Å². The highest BCUT2D eigenvalue weighted by molar-refractivity contribution is 5.79. The van der Waals surface area contributed by atoms with E-state index in [1.54, 1.807) is 14.2 Å². The van der Waals surface area contributed by atoms with Crippen molar-refractivity contribution in [2.24, 2.45) is 4.99 Å². The number of hydrogen-bond donors (Lipinski definition) is 2. The Bertz CT molecular complexity index is 823. The Morgan fingerprint density at radius 1 is 1.00 bits per heavy atom. The first-order valence-corrected chi connectivity index (χ1v) is 9.36. The maximum absolute atomic E-state index is 5.70. The number of guanidine groups is 1. The molecule has 3 rings (SSSR count). The molecular weight excluding hydrogens is 358 g/mol. The smallest absolute Gasteiger partial charge is 0.231 e. The highest BCUT2D eigenvalue weighted by Crippen LogP contribution is 2.32. The Labute approximate surface area is 165 Å². The van der Waals surface area contributed by atoms with E-state index < -0.39 is 0 Å². The van der Waals surface area contributed by atoms with Gasteiger partial charge in [0.15, 0.2) is 29.0 Å². The molecule has 1 aliphatic heterocycles. The molecule has 0 radical (unpaired) electrons. The molecule has 0 aromatic heterocycles. The molecule has 0 spiro atoms. The first-order valence-electron chi connectivity index (χ1n) is 9.36. The summed E-state index contributed by atoms with van der Waals surface area (Å²) in [6.07, 6.45) is 0.956. The van der Waals surface area contributed by atoms with Crippen molar-refractivity contribution in [1.29, 1.82) is 0 Å². The van der Waals surface area contributed by atoms with Crippen molar-refractivity contribution in [2.45, 2.75) is 26.4 Å². The fourth-order valence-corrected chi connectivity index (χ4v) is 2.80. The second-order valence-electron chi connectivity index (χ2n) is 6.30. The summed E-state index contributed by atoms with van der Waals surface area (Å²) in [7, 11) is 3.40. The van der Waals surface area contributed by atoms with Crippen molar-refractivity contribution in [3.63, 3.8) is 0 Å². The molecule has 0 amide bonds. The number of rotatable bonds is 8.